The molecule has 37 heavy (non-hydrogen) atoms. The van der Waals surface area contributed by atoms with Crippen LogP contribution in [0, 0.1) is 11.6 Å². The average Bonchev–Trinajstić information content (AvgIpc) is 2.79. The molecule has 0 unspecified atom stereocenters. The van der Waals surface area contributed by atoms with E-state index in [1.165, 1.54) is 24.4 Å². The molecule has 0 saturated carbocycles. The van der Waals surface area contributed by atoms with Crippen LogP contribution in [-0.2, 0) is 22.4 Å². The van der Waals surface area contributed by atoms with E-state index in [0.29, 0.717) is 23.0 Å². The lowest BCUT2D eigenvalue weighted by Crippen LogP contribution is -2.18. The number of nitrogen functional groups attached to an aromatic ring is 1. The largest absolute Gasteiger partial charge is 0.416 e. The van der Waals surface area contributed by atoms with Crippen LogP contribution in [0.3, 0.4) is 0 Å². The van der Waals surface area contributed by atoms with Crippen LogP contribution in [0.1, 0.15) is 11.1 Å². The normalized spacial score (nSPS) is 12.6. The second kappa shape index (κ2) is 8.83. The Kier molecular flexibility index (Phi) is 6.22. The van der Waals surface area contributed by atoms with Crippen molar-refractivity contribution in [2.24, 2.45) is 0 Å². The molecule has 0 saturated heterocycles. The van der Waals surface area contributed by atoms with E-state index in [4.69, 9.17) is 5.73 Å². The lowest BCUT2D eigenvalue weighted by atomic mass is 10.0. The Labute approximate surface area is 202 Å². The second-order valence-corrected chi connectivity index (χ2v) is 9.32. The summed E-state index contributed by atoms with van der Waals surface area (Å²) in [5.74, 6) is -2.66. The highest BCUT2D eigenvalue weighted by molar-refractivity contribution is 7.92. The monoisotopic (exact) mass is 548 g/mol. The van der Waals surface area contributed by atoms with E-state index in [-0.39, 0.29) is 29.7 Å². The van der Waals surface area contributed by atoms with E-state index in [9.17, 15) is 39.2 Å². The topological polar surface area (TPSA) is 98.0 Å². The Morgan fingerprint density at radius 2 is 1.46 bits per heavy atom. The molecule has 194 valence electrons. The fourth-order valence-corrected chi connectivity index (χ4v) is 4.51. The van der Waals surface area contributed by atoms with Crippen LogP contribution in [-0.4, -0.2) is 18.4 Å². The number of sulfonamides is 1. The third-order valence-corrected chi connectivity index (χ3v) is 6.44. The van der Waals surface area contributed by atoms with Crippen LogP contribution in [0.25, 0.3) is 22.0 Å². The molecule has 6 nitrogen and oxygen atoms in total. The Hall–Kier alpha value is -4.01. The number of rotatable bonds is 4. The molecule has 0 aliphatic rings. The lowest BCUT2D eigenvalue weighted by molar-refractivity contribution is -0.143. The molecular weight excluding hydrogens is 536 g/mol. The molecule has 3 N–H and O–H groups in total. The molecule has 0 aliphatic heterocycles. The number of nitrogens with zero attached hydrogens (tertiary/aromatic N) is 2. The number of fused-ring (bicyclic) bond motifs is 1. The van der Waals surface area contributed by atoms with Gasteiger partial charge in [-0.3, -0.25) is 4.72 Å². The highest BCUT2D eigenvalue weighted by Gasteiger charge is 2.38. The van der Waals surface area contributed by atoms with Crippen LogP contribution in [0.15, 0.2) is 59.6 Å². The van der Waals surface area contributed by atoms with Crippen LogP contribution in [0.5, 0.6) is 0 Å². The molecule has 1 heterocycles. The molecule has 4 aromatic rings. The number of aromatic nitrogens is 2. The van der Waals surface area contributed by atoms with Crippen LogP contribution < -0.4 is 10.5 Å². The van der Waals surface area contributed by atoms with E-state index in [2.05, 4.69) is 9.97 Å². The maximum atomic E-state index is 15.3. The van der Waals surface area contributed by atoms with Gasteiger partial charge in [-0.25, -0.2) is 27.2 Å². The Morgan fingerprint density at radius 3 is 2.05 bits per heavy atom. The third kappa shape index (κ3) is 5.26. The third-order valence-electron chi connectivity index (χ3n) is 5.09. The van der Waals surface area contributed by atoms with E-state index in [0.717, 1.165) is 0 Å². The summed E-state index contributed by atoms with van der Waals surface area (Å²) in [6.45, 7) is 0. The van der Waals surface area contributed by atoms with Crippen molar-refractivity contribution in [3.05, 3.63) is 77.5 Å². The number of nitrogens with one attached hydrogen (secondary N) is 1. The highest BCUT2D eigenvalue weighted by Crippen LogP contribution is 2.38. The SMILES string of the molecule is Nc1ncc2cc(-c3c(F)ccc(NS(=O)(=O)c4cc(C(F)(F)F)cc(C(F)(F)F)c4)c3F)ccc2n1. The van der Waals surface area contributed by atoms with Gasteiger partial charge in [-0.15, -0.1) is 0 Å². The van der Waals surface area contributed by atoms with Crippen molar-refractivity contribution in [2.45, 2.75) is 17.2 Å². The molecule has 0 radical (unpaired) electrons. The lowest BCUT2D eigenvalue weighted by Gasteiger charge is -2.16. The number of hydrogen-bond donors (Lipinski definition) is 2. The zero-order chi connectivity index (χ0) is 27.3. The zero-order valence-corrected chi connectivity index (χ0v) is 18.7. The summed E-state index contributed by atoms with van der Waals surface area (Å²) in [5, 5.41) is 0.320. The van der Waals surface area contributed by atoms with Crippen molar-refractivity contribution in [3.8, 4) is 11.1 Å². The van der Waals surface area contributed by atoms with Gasteiger partial charge in [-0.05, 0) is 48.0 Å². The molecule has 3 aromatic carbocycles. The molecule has 0 fully saturated rings. The number of halogens is 8. The fourth-order valence-electron chi connectivity index (χ4n) is 3.38. The van der Waals surface area contributed by atoms with Crippen LogP contribution in [0.4, 0.5) is 46.8 Å². The predicted molar refractivity (Wildman–Crippen MR) is 117 cm³/mol. The summed E-state index contributed by atoms with van der Waals surface area (Å²) in [5.41, 5.74) is 0.309. The van der Waals surface area contributed by atoms with Crippen molar-refractivity contribution >= 4 is 32.6 Å². The first-order chi connectivity index (χ1) is 17.1. The first-order valence-electron chi connectivity index (χ1n) is 9.89. The highest BCUT2D eigenvalue weighted by atomic mass is 32.2. The summed E-state index contributed by atoms with van der Waals surface area (Å²) in [6.07, 6.45) is -9.36. The van der Waals surface area contributed by atoms with Crippen molar-refractivity contribution in [1.82, 2.24) is 9.97 Å². The maximum absolute atomic E-state index is 15.3. The molecule has 0 atom stereocenters. The van der Waals surface area contributed by atoms with E-state index >= 15 is 4.39 Å². The minimum absolute atomic E-state index is 0.0328. The minimum atomic E-state index is -5.32. The molecular formula is C22H12F8N4O2S. The Bertz CT molecular complexity index is 1600. The molecule has 0 spiro atoms. The van der Waals surface area contributed by atoms with Crippen LogP contribution >= 0.6 is 0 Å². The van der Waals surface area contributed by atoms with Gasteiger partial charge in [0.25, 0.3) is 10.0 Å². The Morgan fingerprint density at radius 1 is 0.838 bits per heavy atom. The molecule has 1 aromatic heterocycles. The number of alkyl halides is 6. The average molecular weight is 548 g/mol. The molecule has 15 heteroatoms. The Balaban J connectivity index is 1.80. The smallest absolute Gasteiger partial charge is 0.368 e. The standard InChI is InChI=1S/C22H12F8N4O2S/c23-15-2-4-17(19(24)18(15)10-1-3-16-11(5-10)9-32-20(31)33-16)34-37(35,36)14-7-12(21(25,26)27)6-13(8-14)22(28,29)30/h1-9,34H,(H2,31,32,33). The van der Waals surface area contributed by atoms with Crippen molar-refractivity contribution in [2.75, 3.05) is 10.5 Å². The number of hydrogen-bond acceptors (Lipinski definition) is 5. The van der Waals surface area contributed by atoms with E-state index in [1.807, 2.05) is 0 Å². The van der Waals surface area contributed by atoms with Gasteiger partial charge >= 0.3 is 12.4 Å². The van der Waals surface area contributed by atoms with E-state index < -0.39 is 61.3 Å². The maximum Gasteiger partial charge on any atom is 0.416 e. The first kappa shape index (κ1) is 26.1. The van der Waals surface area contributed by atoms with E-state index in [1.54, 1.807) is 4.72 Å². The summed E-state index contributed by atoms with van der Waals surface area (Å²) in [6, 6.07) is 4.87. The van der Waals surface area contributed by atoms with Gasteiger partial charge in [0.1, 0.15) is 5.82 Å². The quantitative estimate of drug-likeness (QED) is 0.305. The van der Waals surface area contributed by atoms with Crippen molar-refractivity contribution in [3.63, 3.8) is 0 Å². The summed E-state index contributed by atoms with van der Waals surface area (Å²) in [4.78, 5) is 6.26. The first-order valence-corrected chi connectivity index (χ1v) is 11.4. The molecule has 0 aliphatic carbocycles. The van der Waals surface area contributed by atoms with Crippen molar-refractivity contribution in [1.29, 1.82) is 0 Å². The summed E-state index contributed by atoms with van der Waals surface area (Å²) in [7, 11) is -5.20. The predicted octanol–water partition coefficient (Wildman–Crippen LogP) is 6.00. The van der Waals surface area contributed by atoms with Gasteiger partial charge in [-0.2, -0.15) is 26.3 Å². The van der Waals surface area contributed by atoms with Gasteiger partial charge in [0.05, 0.1) is 32.8 Å². The summed E-state index contributed by atoms with van der Waals surface area (Å²) >= 11 is 0. The number of benzene rings is 3. The van der Waals surface area contributed by atoms with Gasteiger partial charge in [0, 0.05) is 11.6 Å². The summed E-state index contributed by atoms with van der Waals surface area (Å²) < 4.78 is 136. The van der Waals surface area contributed by atoms with Gasteiger partial charge < -0.3 is 5.73 Å². The zero-order valence-electron chi connectivity index (χ0n) is 17.9. The van der Waals surface area contributed by atoms with Crippen molar-refractivity contribution < 1.29 is 43.5 Å². The molecule has 0 bridgehead atoms. The second-order valence-electron chi connectivity index (χ2n) is 7.63. The van der Waals surface area contributed by atoms with Gasteiger partial charge in [0.2, 0.25) is 5.95 Å². The number of nitrogens with two attached hydrogens (primary N) is 1. The molecule has 0 amide bonds. The molecule has 4 rings (SSSR count). The van der Waals surface area contributed by atoms with Crippen LogP contribution in [0.2, 0.25) is 0 Å². The number of anilines is 2. The van der Waals surface area contributed by atoms with Gasteiger partial charge in [-0.1, -0.05) is 6.07 Å². The minimum Gasteiger partial charge on any atom is -0.368 e. The fraction of sp³-hybridized carbons (Fsp3) is 0.0909. The van der Waals surface area contributed by atoms with Gasteiger partial charge in [0.15, 0.2) is 5.82 Å².